The fraction of sp³-hybridized carbons (Fsp3) is 0.273. The quantitative estimate of drug-likeness (QED) is 0.733. The van der Waals surface area contributed by atoms with E-state index in [1.165, 1.54) is 6.07 Å². The summed E-state index contributed by atoms with van der Waals surface area (Å²) in [6.07, 6.45) is 5.15. The van der Waals surface area contributed by atoms with Crippen LogP contribution in [-0.4, -0.2) is 18.7 Å². The average molecular weight is 193 g/mol. The van der Waals surface area contributed by atoms with Crippen molar-refractivity contribution < 1.29 is 9.50 Å². The van der Waals surface area contributed by atoms with Crippen LogP contribution in [0.4, 0.5) is 10.1 Å². The molecule has 0 bridgehead atoms. The molecule has 0 radical (unpaired) electrons. The molecule has 1 N–H and O–H groups in total. The number of benzene rings is 1. The maximum atomic E-state index is 13.2. The molecule has 0 aliphatic carbocycles. The van der Waals surface area contributed by atoms with Crippen molar-refractivity contribution in [2.24, 2.45) is 0 Å². The zero-order valence-electron chi connectivity index (χ0n) is 8.00. The SMILES string of the molecule is C#CCN(C)c1cccc(F)c1CO. The minimum Gasteiger partial charge on any atom is -0.391 e. The molecule has 0 spiro atoms. The highest BCUT2D eigenvalue weighted by Gasteiger charge is 2.09. The van der Waals surface area contributed by atoms with Crippen LogP contribution in [-0.2, 0) is 6.61 Å². The van der Waals surface area contributed by atoms with Crippen LogP contribution in [0.15, 0.2) is 18.2 Å². The highest BCUT2D eigenvalue weighted by Crippen LogP contribution is 2.21. The Morgan fingerprint density at radius 3 is 2.86 bits per heavy atom. The highest BCUT2D eigenvalue weighted by molar-refractivity contribution is 5.54. The Labute approximate surface area is 83.0 Å². The predicted molar refractivity (Wildman–Crippen MR) is 54.4 cm³/mol. The second-order valence-electron chi connectivity index (χ2n) is 2.96. The summed E-state index contributed by atoms with van der Waals surface area (Å²) in [5, 5.41) is 9.00. The maximum Gasteiger partial charge on any atom is 0.130 e. The molecule has 1 aromatic rings. The Morgan fingerprint density at radius 2 is 2.29 bits per heavy atom. The summed E-state index contributed by atoms with van der Waals surface area (Å²) in [7, 11) is 1.76. The van der Waals surface area contributed by atoms with Gasteiger partial charge in [-0.15, -0.1) is 6.42 Å². The molecule has 0 amide bonds. The number of nitrogens with zero attached hydrogens (tertiary/aromatic N) is 1. The van der Waals surface area contributed by atoms with Gasteiger partial charge in [0.25, 0.3) is 0 Å². The van der Waals surface area contributed by atoms with Crippen LogP contribution >= 0.6 is 0 Å². The van der Waals surface area contributed by atoms with E-state index in [2.05, 4.69) is 5.92 Å². The van der Waals surface area contributed by atoms with Crippen molar-refractivity contribution >= 4 is 5.69 Å². The van der Waals surface area contributed by atoms with Crippen molar-refractivity contribution in [2.45, 2.75) is 6.61 Å². The standard InChI is InChI=1S/C11H12FNO/c1-3-7-13(2)11-6-4-5-10(12)9(11)8-14/h1,4-6,14H,7-8H2,2H3. The van der Waals surface area contributed by atoms with Crippen molar-refractivity contribution in [1.29, 1.82) is 0 Å². The zero-order chi connectivity index (χ0) is 10.6. The molecule has 0 aromatic heterocycles. The second-order valence-corrected chi connectivity index (χ2v) is 2.96. The van der Waals surface area contributed by atoms with Crippen molar-refractivity contribution in [3.05, 3.63) is 29.6 Å². The fourth-order valence-electron chi connectivity index (χ4n) is 1.28. The van der Waals surface area contributed by atoms with E-state index < -0.39 is 5.82 Å². The van der Waals surface area contributed by atoms with Gasteiger partial charge in [-0.05, 0) is 12.1 Å². The average Bonchev–Trinajstić information content (AvgIpc) is 2.17. The van der Waals surface area contributed by atoms with Gasteiger partial charge in [0, 0.05) is 18.3 Å². The van der Waals surface area contributed by atoms with Gasteiger partial charge in [-0.3, -0.25) is 0 Å². The normalized spacial score (nSPS) is 9.57. The van der Waals surface area contributed by atoms with E-state index >= 15 is 0 Å². The minimum absolute atomic E-state index is 0.283. The molecule has 0 atom stereocenters. The van der Waals surface area contributed by atoms with E-state index in [0.717, 1.165) is 0 Å². The molecule has 3 heteroatoms. The molecule has 0 unspecified atom stereocenters. The Balaban J connectivity index is 3.08. The van der Waals surface area contributed by atoms with E-state index in [0.29, 0.717) is 12.2 Å². The van der Waals surface area contributed by atoms with Crippen LogP contribution in [0.25, 0.3) is 0 Å². The van der Waals surface area contributed by atoms with Crippen LogP contribution in [0.3, 0.4) is 0 Å². The van der Waals surface area contributed by atoms with Crippen LogP contribution < -0.4 is 4.90 Å². The number of rotatable bonds is 3. The largest absolute Gasteiger partial charge is 0.391 e. The number of hydrogen-bond donors (Lipinski definition) is 1. The molecule has 74 valence electrons. The van der Waals surface area contributed by atoms with Crippen molar-refractivity contribution in [3.63, 3.8) is 0 Å². The lowest BCUT2D eigenvalue weighted by atomic mass is 10.1. The van der Waals surface area contributed by atoms with Crippen molar-refractivity contribution in [1.82, 2.24) is 0 Å². The third-order valence-electron chi connectivity index (χ3n) is 1.99. The van der Waals surface area contributed by atoms with Gasteiger partial charge in [-0.25, -0.2) is 4.39 Å². The summed E-state index contributed by atoms with van der Waals surface area (Å²) < 4.78 is 13.2. The molecule has 0 heterocycles. The van der Waals surface area contributed by atoms with E-state index in [9.17, 15) is 4.39 Å². The first kappa shape index (κ1) is 10.6. The third kappa shape index (κ3) is 2.04. The first-order valence-electron chi connectivity index (χ1n) is 4.23. The summed E-state index contributed by atoms with van der Waals surface area (Å²) in [6, 6.07) is 4.64. The molecule has 2 nitrogen and oxygen atoms in total. The molecule has 14 heavy (non-hydrogen) atoms. The number of aliphatic hydroxyl groups is 1. The first-order valence-corrected chi connectivity index (χ1v) is 4.23. The lowest BCUT2D eigenvalue weighted by Gasteiger charge is -2.19. The van der Waals surface area contributed by atoms with Gasteiger partial charge in [-0.2, -0.15) is 0 Å². The third-order valence-corrected chi connectivity index (χ3v) is 1.99. The molecular weight excluding hydrogens is 181 g/mol. The Bertz CT molecular complexity index is 357. The van der Waals surface area contributed by atoms with Gasteiger partial charge in [-0.1, -0.05) is 12.0 Å². The van der Waals surface area contributed by atoms with Gasteiger partial charge in [0.15, 0.2) is 0 Å². The minimum atomic E-state index is -0.408. The van der Waals surface area contributed by atoms with E-state index in [-0.39, 0.29) is 12.2 Å². The summed E-state index contributed by atoms with van der Waals surface area (Å²) in [6.45, 7) is 0.0629. The van der Waals surface area contributed by atoms with E-state index in [1.807, 2.05) is 0 Å². The Hall–Kier alpha value is -1.53. The molecule has 0 saturated carbocycles. The van der Waals surface area contributed by atoms with E-state index in [4.69, 9.17) is 11.5 Å². The molecule has 0 saturated heterocycles. The molecular formula is C11H12FNO. The van der Waals surface area contributed by atoms with Crippen molar-refractivity contribution in [3.8, 4) is 12.3 Å². The van der Waals surface area contributed by atoms with Gasteiger partial charge < -0.3 is 10.0 Å². The maximum absolute atomic E-state index is 13.2. The highest BCUT2D eigenvalue weighted by atomic mass is 19.1. The summed E-state index contributed by atoms with van der Waals surface area (Å²) >= 11 is 0. The van der Waals surface area contributed by atoms with Crippen LogP contribution in [0, 0.1) is 18.2 Å². The number of aliphatic hydroxyl groups excluding tert-OH is 1. The lowest BCUT2D eigenvalue weighted by Crippen LogP contribution is -2.19. The van der Waals surface area contributed by atoms with Gasteiger partial charge in [0.05, 0.1) is 13.2 Å². The summed E-state index contributed by atoms with van der Waals surface area (Å²) in [4.78, 5) is 1.72. The number of hydrogen-bond acceptors (Lipinski definition) is 2. The van der Waals surface area contributed by atoms with Crippen LogP contribution in [0.5, 0.6) is 0 Å². The second kappa shape index (κ2) is 4.64. The first-order chi connectivity index (χ1) is 6.70. The number of terminal acetylenes is 1. The van der Waals surface area contributed by atoms with Crippen molar-refractivity contribution in [2.75, 3.05) is 18.5 Å². The zero-order valence-corrected chi connectivity index (χ0v) is 8.00. The number of anilines is 1. The van der Waals surface area contributed by atoms with Gasteiger partial charge in [0.2, 0.25) is 0 Å². The predicted octanol–water partition coefficient (Wildman–Crippen LogP) is 1.39. The van der Waals surface area contributed by atoms with E-state index in [1.54, 1.807) is 24.1 Å². The van der Waals surface area contributed by atoms with Crippen LogP contribution in [0.2, 0.25) is 0 Å². The van der Waals surface area contributed by atoms with Gasteiger partial charge >= 0.3 is 0 Å². The van der Waals surface area contributed by atoms with Gasteiger partial charge in [0.1, 0.15) is 5.82 Å². The molecule has 1 rings (SSSR count). The lowest BCUT2D eigenvalue weighted by molar-refractivity contribution is 0.276. The smallest absolute Gasteiger partial charge is 0.130 e. The molecule has 0 fully saturated rings. The molecule has 0 aliphatic heterocycles. The Kier molecular flexibility index (Phi) is 3.49. The fourth-order valence-corrected chi connectivity index (χ4v) is 1.28. The number of halogens is 1. The monoisotopic (exact) mass is 193 g/mol. The summed E-state index contributed by atoms with van der Waals surface area (Å²) in [5.74, 6) is 2.05. The summed E-state index contributed by atoms with van der Waals surface area (Å²) in [5.41, 5.74) is 0.913. The molecule has 1 aromatic carbocycles. The molecule has 0 aliphatic rings. The van der Waals surface area contributed by atoms with Crippen LogP contribution in [0.1, 0.15) is 5.56 Å². The Morgan fingerprint density at radius 1 is 1.57 bits per heavy atom. The topological polar surface area (TPSA) is 23.5 Å².